The van der Waals surface area contributed by atoms with Crippen LogP contribution < -0.4 is 10.2 Å². The Bertz CT molecular complexity index is 851. The first-order chi connectivity index (χ1) is 13.6. The molecule has 1 aromatic heterocycles. The zero-order chi connectivity index (χ0) is 21.2. The van der Waals surface area contributed by atoms with Gasteiger partial charge in [0.1, 0.15) is 0 Å². The minimum absolute atomic E-state index is 0.179. The number of nitrogens with zero attached hydrogens (tertiary/aromatic N) is 4. The van der Waals surface area contributed by atoms with Crippen LogP contribution in [0, 0.1) is 5.92 Å². The summed E-state index contributed by atoms with van der Waals surface area (Å²) < 4.78 is 0. The lowest BCUT2D eigenvalue weighted by atomic mass is 9.95. The largest absolute Gasteiger partial charge is 0.465 e. The van der Waals surface area contributed by atoms with Crippen molar-refractivity contribution in [3.8, 4) is 0 Å². The molecule has 0 saturated carbocycles. The number of aromatic nitrogens is 2. The second-order valence-corrected chi connectivity index (χ2v) is 9.17. The lowest BCUT2D eigenvalue weighted by Gasteiger charge is -2.39. The number of rotatable bonds is 4. The van der Waals surface area contributed by atoms with Crippen LogP contribution in [0.25, 0.3) is 6.08 Å². The lowest BCUT2D eigenvalue weighted by molar-refractivity contribution is -0.115. The summed E-state index contributed by atoms with van der Waals surface area (Å²) >= 11 is 0.848. The molecule has 0 aliphatic carbocycles. The van der Waals surface area contributed by atoms with Crippen LogP contribution in [0.3, 0.4) is 0 Å². The van der Waals surface area contributed by atoms with E-state index >= 15 is 0 Å². The number of piperidine rings is 1. The molecule has 1 atom stereocenters. The molecule has 0 spiro atoms. The van der Waals surface area contributed by atoms with Gasteiger partial charge < -0.3 is 14.9 Å². The van der Waals surface area contributed by atoms with E-state index in [9.17, 15) is 19.5 Å². The molecule has 10 heteroatoms. The molecule has 2 aliphatic heterocycles. The summed E-state index contributed by atoms with van der Waals surface area (Å²) in [6.45, 7) is 7.58. The molecule has 2 N–H and O–H groups in total. The molecule has 2 saturated heterocycles. The second kappa shape index (κ2) is 8.40. The van der Waals surface area contributed by atoms with Crippen LogP contribution in [0.15, 0.2) is 17.2 Å². The fourth-order valence-electron chi connectivity index (χ4n) is 3.44. The lowest BCUT2D eigenvalue weighted by Crippen LogP contribution is -2.50. The predicted molar refractivity (Wildman–Crippen MR) is 111 cm³/mol. The van der Waals surface area contributed by atoms with E-state index in [2.05, 4.69) is 15.3 Å². The van der Waals surface area contributed by atoms with Gasteiger partial charge in [0.15, 0.2) is 0 Å². The summed E-state index contributed by atoms with van der Waals surface area (Å²) in [6, 6.07) is 1.68. The SMILES string of the molecule is CC(C)(C)N(CC1CCCN(c2nccc(C=C3SC(=O)NC3=O)n2)C1)C(=O)O. The normalized spacial score (nSPS) is 21.4. The highest BCUT2D eigenvalue weighted by molar-refractivity contribution is 8.18. The summed E-state index contributed by atoms with van der Waals surface area (Å²) in [6.07, 6.45) is 4.14. The van der Waals surface area contributed by atoms with E-state index in [1.54, 1.807) is 18.3 Å². The third kappa shape index (κ3) is 5.26. The van der Waals surface area contributed by atoms with E-state index in [-0.39, 0.29) is 5.92 Å². The third-order valence-corrected chi connectivity index (χ3v) is 5.68. The number of imide groups is 1. The second-order valence-electron chi connectivity index (χ2n) is 8.15. The minimum atomic E-state index is -0.915. The minimum Gasteiger partial charge on any atom is -0.465 e. The quantitative estimate of drug-likeness (QED) is 0.716. The van der Waals surface area contributed by atoms with Gasteiger partial charge in [0.25, 0.3) is 11.1 Å². The van der Waals surface area contributed by atoms with Crippen molar-refractivity contribution in [3.63, 3.8) is 0 Å². The third-order valence-electron chi connectivity index (χ3n) is 4.87. The number of anilines is 1. The van der Waals surface area contributed by atoms with Crippen molar-refractivity contribution in [3.05, 3.63) is 22.9 Å². The smallest absolute Gasteiger partial charge is 0.407 e. The number of hydrogen-bond donors (Lipinski definition) is 2. The Labute approximate surface area is 173 Å². The Morgan fingerprint density at radius 3 is 2.83 bits per heavy atom. The predicted octanol–water partition coefficient (Wildman–Crippen LogP) is 2.80. The van der Waals surface area contributed by atoms with E-state index in [1.807, 2.05) is 25.7 Å². The molecule has 29 heavy (non-hydrogen) atoms. The first-order valence-corrected chi connectivity index (χ1v) is 10.3. The van der Waals surface area contributed by atoms with Crippen LogP contribution in [0.2, 0.25) is 0 Å². The fraction of sp³-hybridized carbons (Fsp3) is 0.526. The van der Waals surface area contributed by atoms with Gasteiger partial charge in [-0.1, -0.05) is 0 Å². The standard InChI is InChI=1S/C19H25N5O4S/c1-19(2,3)24(18(27)28)11-12-5-4-8-23(10-12)16-20-7-6-13(21-16)9-14-15(25)22-17(26)29-14/h6-7,9,12H,4-5,8,10-11H2,1-3H3,(H,27,28)(H,22,25,26). The first kappa shape index (κ1) is 21.1. The highest BCUT2D eigenvalue weighted by Crippen LogP contribution is 2.27. The fourth-order valence-corrected chi connectivity index (χ4v) is 4.11. The number of thioether (sulfide) groups is 1. The van der Waals surface area contributed by atoms with E-state index in [0.29, 0.717) is 29.6 Å². The molecule has 3 amide bonds. The number of nitrogens with one attached hydrogen (secondary N) is 1. The summed E-state index contributed by atoms with van der Waals surface area (Å²) in [7, 11) is 0. The van der Waals surface area contributed by atoms with Crippen molar-refractivity contribution in [1.82, 2.24) is 20.2 Å². The average molecular weight is 420 g/mol. The molecule has 156 valence electrons. The Kier molecular flexibility index (Phi) is 6.11. The van der Waals surface area contributed by atoms with Gasteiger partial charge in [-0.2, -0.15) is 0 Å². The van der Waals surface area contributed by atoms with Crippen molar-refractivity contribution in [1.29, 1.82) is 0 Å². The van der Waals surface area contributed by atoms with Crippen LogP contribution in [-0.2, 0) is 4.79 Å². The number of hydrogen-bond acceptors (Lipinski definition) is 7. The monoisotopic (exact) mass is 419 g/mol. The summed E-state index contributed by atoms with van der Waals surface area (Å²) in [5.74, 6) is 0.295. The number of carbonyl (C=O) groups is 3. The molecule has 0 aromatic carbocycles. The van der Waals surface area contributed by atoms with E-state index in [0.717, 1.165) is 31.1 Å². The molecule has 2 fully saturated rings. The van der Waals surface area contributed by atoms with Crippen LogP contribution in [0.4, 0.5) is 15.5 Å². The van der Waals surface area contributed by atoms with Gasteiger partial charge >= 0.3 is 6.09 Å². The molecule has 0 radical (unpaired) electrons. The van der Waals surface area contributed by atoms with Crippen molar-refractivity contribution in [2.24, 2.45) is 5.92 Å². The molecular weight excluding hydrogens is 394 g/mol. The highest BCUT2D eigenvalue weighted by Gasteiger charge is 2.31. The van der Waals surface area contributed by atoms with E-state index in [4.69, 9.17) is 0 Å². The van der Waals surface area contributed by atoms with Gasteiger partial charge in [-0.25, -0.2) is 14.8 Å². The molecule has 0 bridgehead atoms. The molecular formula is C19H25N5O4S. The Morgan fingerprint density at radius 2 is 2.21 bits per heavy atom. The van der Waals surface area contributed by atoms with Crippen molar-refractivity contribution in [2.45, 2.75) is 39.2 Å². The van der Waals surface area contributed by atoms with E-state index in [1.165, 1.54) is 4.90 Å². The summed E-state index contributed by atoms with van der Waals surface area (Å²) in [5, 5.41) is 11.4. The number of carboxylic acid groups (broad SMARTS) is 1. The maximum absolute atomic E-state index is 11.7. The van der Waals surface area contributed by atoms with Gasteiger partial charge in [-0.15, -0.1) is 0 Å². The zero-order valence-electron chi connectivity index (χ0n) is 16.7. The van der Waals surface area contributed by atoms with Crippen molar-refractivity contribution in [2.75, 3.05) is 24.5 Å². The molecule has 1 aromatic rings. The molecule has 9 nitrogen and oxygen atoms in total. The summed E-state index contributed by atoms with van der Waals surface area (Å²) in [5.41, 5.74) is 0.0829. The van der Waals surface area contributed by atoms with Gasteiger partial charge in [-0.05, 0) is 63.4 Å². The highest BCUT2D eigenvalue weighted by atomic mass is 32.2. The number of amides is 3. The first-order valence-electron chi connectivity index (χ1n) is 9.47. The Morgan fingerprint density at radius 1 is 1.45 bits per heavy atom. The van der Waals surface area contributed by atoms with E-state index < -0.39 is 22.8 Å². The molecule has 3 rings (SSSR count). The zero-order valence-corrected chi connectivity index (χ0v) is 17.5. The molecule has 2 aliphatic rings. The molecule has 3 heterocycles. The maximum Gasteiger partial charge on any atom is 0.407 e. The van der Waals surface area contributed by atoms with Gasteiger partial charge in [0.05, 0.1) is 10.6 Å². The van der Waals surface area contributed by atoms with Gasteiger partial charge in [0.2, 0.25) is 5.95 Å². The Hall–Kier alpha value is -2.62. The van der Waals surface area contributed by atoms with Crippen LogP contribution in [0.1, 0.15) is 39.3 Å². The average Bonchev–Trinajstić information content (AvgIpc) is 2.96. The van der Waals surface area contributed by atoms with Crippen LogP contribution in [0.5, 0.6) is 0 Å². The topological polar surface area (TPSA) is 116 Å². The van der Waals surface area contributed by atoms with Gasteiger partial charge in [-0.3, -0.25) is 14.9 Å². The summed E-state index contributed by atoms with van der Waals surface area (Å²) in [4.78, 5) is 47.4. The maximum atomic E-state index is 11.7. The van der Waals surface area contributed by atoms with Gasteiger partial charge in [0, 0.05) is 31.4 Å². The Balaban J connectivity index is 1.72. The van der Waals surface area contributed by atoms with Crippen LogP contribution in [-0.4, -0.2) is 62.4 Å². The van der Waals surface area contributed by atoms with Crippen LogP contribution >= 0.6 is 11.8 Å². The molecule has 1 unspecified atom stereocenters. The number of carbonyl (C=O) groups excluding carboxylic acids is 2. The van der Waals surface area contributed by atoms with Crippen molar-refractivity contribution < 1.29 is 19.5 Å². The van der Waals surface area contributed by atoms with Crippen molar-refractivity contribution >= 4 is 41.0 Å².